The highest BCUT2D eigenvalue weighted by Gasteiger charge is 2.23. The third kappa shape index (κ3) is 2.69. The number of hydrogen-bond donors (Lipinski definition) is 1. The molecule has 2 nitrogen and oxygen atoms in total. The molecule has 1 aromatic rings. The van der Waals surface area contributed by atoms with Gasteiger partial charge >= 0.3 is 0 Å². The third-order valence-corrected chi connectivity index (χ3v) is 4.10. The van der Waals surface area contributed by atoms with E-state index in [4.69, 9.17) is 0 Å². The van der Waals surface area contributed by atoms with E-state index in [1.165, 1.54) is 43.5 Å². The van der Waals surface area contributed by atoms with Crippen molar-refractivity contribution in [3.63, 3.8) is 0 Å². The summed E-state index contributed by atoms with van der Waals surface area (Å²) < 4.78 is 0. The second-order valence-corrected chi connectivity index (χ2v) is 5.37. The van der Waals surface area contributed by atoms with Crippen molar-refractivity contribution in [3.05, 3.63) is 29.8 Å². The summed E-state index contributed by atoms with van der Waals surface area (Å²) in [6.07, 6.45) is 5.05. The van der Waals surface area contributed by atoms with E-state index in [2.05, 4.69) is 55.4 Å². The quantitative estimate of drug-likeness (QED) is 0.870. The molecule has 2 atom stereocenters. The third-order valence-electron chi connectivity index (χ3n) is 4.10. The zero-order chi connectivity index (χ0) is 13.0. The SMILES string of the molecule is CCCC(C)N1CCCC(NC)c2ccccc21. The Hall–Kier alpha value is -1.02. The number of benzene rings is 1. The van der Waals surface area contributed by atoms with Crippen molar-refractivity contribution < 1.29 is 0 Å². The van der Waals surface area contributed by atoms with E-state index in [0.717, 1.165) is 0 Å². The maximum Gasteiger partial charge on any atom is 0.0417 e. The normalized spacial score (nSPS) is 21.3. The summed E-state index contributed by atoms with van der Waals surface area (Å²) in [6.45, 7) is 5.83. The van der Waals surface area contributed by atoms with E-state index in [9.17, 15) is 0 Å². The summed E-state index contributed by atoms with van der Waals surface area (Å²) in [5.41, 5.74) is 2.91. The van der Waals surface area contributed by atoms with Crippen molar-refractivity contribution in [2.75, 3.05) is 18.5 Å². The van der Waals surface area contributed by atoms with Crippen molar-refractivity contribution in [2.24, 2.45) is 0 Å². The van der Waals surface area contributed by atoms with Gasteiger partial charge in [-0.25, -0.2) is 0 Å². The Morgan fingerprint density at radius 1 is 1.39 bits per heavy atom. The first-order valence-corrected chi connectivity index (χ1v) is 7.30. The van der Waals surface area contributed by atoms with Crippen LogP contribution in [0, 0.1) is 0 Å². The van der Waals surface area contributed by atoms with Crippen LogP contribution in [0.3, 0.4) is 0 Å². The predicted molar refractivity (Wildman–Crippen MR) is 79.2 cm³/mol. The fourth-order valence-electron chi connectivity index (χ4n) is 3.12. The van der Waals surface area contributed by atoms with E-state index in [-0.39, 0.29) is 0 Å². The zero-order valence-electron chi connectivity index (χ0n) is 11.9. The van der Waals surface area contributed by atoms with Gasteiger partial charge in [-0.1, -0.05) is 31.5 Å². The van der Waals surface area contributed by atoms with Crippen molar-refractivity contribution in [3.8, 4) is 0 Å². The largest absolute Gasteiger partial charge is 0.369 e. The minimum Gasteiger partial charge on any atom is -0.369 e. The number of hydrogen-bond acceptors (Lipinski definition) is 2. The minimum absolute atomic E-state index is 0.514. The molecule has 0 aliphatic carbocycles. The molecule has 1 aromatic carbocycles. The molecule has 1 heterocycles. The molecular formula is C16H26N2. The van der Waals surface area contributed by atoms with Crippen LogP contribution < -0.4 is 10.2 Å². The second kappa shape index (κ2) is 6.24. The number of nitrogens with one attached hydrogen (secondary N) is 1. The Bertz CT molecular complexity index is 375. The molecule has 1 N–H and O–H groups in total. The van der Waals surface area contributed by atoms with Crippen molar-refractivity contribution in [1.82, 2.24) is 5.32 Å². The lowest BCUT2D eigenvalue weighted by atomic mass is 10.0. The van der Waals surface area contributed by atoms with Gasteiger partial charge in [0.25, 0.3) is 0 Å². The van der Waals surface area contributed by atoms with Crippen LogP contribution in [-0.4, -0.2) is 19.6 Å². The molecular weight excluding hydrogens is 220 g/mol. The molecule has 0 spiro atoms. The molecule has 1 aliphatic rings. The lowest BCUT2D eigenvalue weighted by molar-refractivity contribution is 0.528. The Kier molecular flexibility index (Phi) is 4.65. The number of rotatable bonds is 4. The fraction of sp³-hybridized carbons (Fsp3) is 0.625. The molecule has 100 valence electrons. The number of fused-ring (bicyclic) bond motifs is 1. The summed E-state index contributed by atoms with van der Waals surface area (Å²) in [5.74, 6) is 0. The molecule has 1 aliphatic heterocycles. The highest BCUT2D eigenvalue weighted by molar-refractivity contribution is 5.56. The monoisotopic (exact) mass is 246 g/mol. The van der Waals surface area contributed by atoms with E-state index in [0.29, 0.717) is 12.1 Å². The summed E-state index contributed by atoms with van der Waals surface area (Å²) >= 11 is 0. The number of para-hydroxylation sites is 1. The molecule has 2 rings (SSSR count). The number of anilines is 1. The second-order valence-electron chi connectivity index (χ2n) is 5.37. The van der Waals surface area contributed by atoms with Crippen LogP contribution in [0.5, 0.6) is 0 Å². The van der Waals surface area contributed by atoms with Gasteiger partial charge < -0.3 is 10.2 Å². The minimum atomic E-state index is 0.514. The highest BCUT2D eigenvalue weighted by atomic mass is 15.2. The van der Waals surface area contributed by atoms with Gasteiger partial charge in [0.1, 0.15) is 0 Å². The summed E-state index contributed by atoms with van der Waals surface area (Å²) in [5, 5.41) is 3.46. The van der Waals surface area contributed by atoms with E-state index in [1.807, 2.05) is 0 Å². The molecule has 18 heavy (non-hydrogen) atoms. The van der Waals surface area contributed by atoms with E-state index >= 15 is 0 Å². The van der Waals surface area contributed by atoms with Crippen LogP contribution in [-0.2, 0) is 0 Å². The van der Waals surface area contributed by atoms with Crippen LogP contribution >= 0.6 is 0 Å². The van der Waals surface area contributed by atoms with Crippen LogP contribution in [0.15, 0.2) is 24.3 Å². The molecule has 0 radical (unpaired) electrons. The van der Waals surface area contributed by atoms with Crippen molar-refractivity contribution in [1.29, 1.82) is 0 Å². The molecule has 0 bridgehead atoms. The summed E-state index contributed by atoms with van der Waals surface area (Å²) in [6, 6.07) is 10.1. The van der Waals surface area contributed by atoms with Gasteiger partial charge in [-0.05, 0) is 44.9 Å². The van der Waals surface area contributed by atoms with Crippen molar-refractivity contribution in [2.45, 2.75) is 51.6 Å². The molecule has 0 aromatic heterocycles. The first-order chi connectivity index (χ1) is 8.77. The molecule has 2 unspecified atom stereocenters. The van der Waals surface area contributed by atoms with Gasteiger partial charge in [0, 0.05) is 24.3 Å². The van der Waals surface area contributed by atoms with E-state index < -0.39 is 0 Å². The molecule has 0 saturated heterocycles. The lowest BCUT2D eigenvalue weighted by Gasteiger charge is -2.32. The Balaban J connectivity index is 2.32. The predicted octanol–water partition coefficient (Wildman–Crippen LogP) is 3.74. The zero-order valence-corrected chi connectivity index (χ0v) is 11.9. The van der Waals surface area contributed by atoms with Gasteiger partial charge in [0.15, 0.2) is 0 Å². The van der Waals surface area contributed by atoms with Crippen LogP contribution in [0.1, 0.15) is 51.1 Å². The van der Waals surface area contributed by atoms with Crippen LogP contribution in [0.4, 0.5) is 5.69 Å². The van der Waals surface area contributed by atoms with Gasteiger partial charge in [0.05, 0.1) is 0 Å². The standard InChI is InChI=1S/C16H26N2/c1-4-8-13(2)18-12-7-10-15(17-3)14-9-5-6-11-16(14)18/h5-6,9,11,13,15,17H,4,7-8,10,12H2,1-3H3. The smallest absolute Gasteiger partial charge is 0.0417 e. The topological polar surface area (TPSA) is 15.3 Å². The van der Waals surface area contributed by atoms with Gasteiger partial charge in [-0.15, -0.1) is 0 Å². The van der Waals surface area contributed by atoms with Crippen LogP contribution in [0.25, 0.3) is 0 Å². The first kappa shape index (κ1) is 13.4. The highest BCUT2D eigenvalue weighted by Crippen LogP contribution is 2.34. The molecule has 0 saturated carbocycles. The summed E-state index contributed by atoms with van der Waals surface area (Å²) in [4.78, 5) is 2.61. The maximum absolute atomic E-state index is 3.46. The fourth-order valence-corrected chi connectivity index (χ4v) is 3.12. The van der Waals surface area contributed by atoms with Gasteiger partial charge in [0.2, 0.25) is 0 Å². The maximum atomic E-state index is 3.46. The average molecular weight is 246 g/mol. The lowest BCUT2D eigenvalue weighted by Crippen LogP contribution is -2.33. The summed E-state index contributed by atoms with van der Waals surface area (Å²) in [7, 11) is 2.08. The van der Waals surface area contributed by atoms with Crippen molar-refractivity contribution >= 4 is 5.69 Å². The van der Waals surface area contributed by atoms with Crippen LogP contribution in [0.2, 0.25) is 0 Å². The van der Waals surface area contributed by atoms with E-state index in [1.54, 1.807) is 0 Å². The Morgan fingerprint density at radius 2 is 2.17 bits per heavy atom. The number of nitrogens with zero attached hydrogens (tertiary/aromatic N) is 1. The van der Waals surface area contributed by atoms with Gasteiger partial charge in [-0.2, -0.15) is 0 Å². The van der Waals surface area contributed by atoms with Gasteiger partial charge in [-0.3, -0.25) is 0 Å². The Morgan fingerprint density at radius 3 is 2.89 bits per heavy atom. The first-order valence-electron chi connectivity index (χ1n) is 7.30. The Labute approximate surface area is 111 Å². The molecule has 2 heteroatoms. The molecule has 0 amide bonds. The average Bonchev–Trinajstić information content (AvgIpc) is 2.58. The molecule has 0 fully saturated rings.